The van der Waals surface area contributed by atoms with E-state index in [9.17, 15) is 9.59 Å². The van der Waals surface area contributed by atoms with Crippen LogP contribution >= 0.6 is 0 Å². The van der Waals surface area contributed by atoms with Gasteiger partial charge in [0.15, 0.2) is 11.5 Å². The average Bonchev–Trinajstić information content (AvgIpc) is 3.03. The molecule has 0 aliphatic carbocycles. The number of rotatable bonds is 4. The molecule has 2 heterocycles. The van der Waals surface area contributed by atoms with Crippen LogP contribution in [0.2, 0.25) is 0 Å². The van der Waals surface area contributed by atoms with Gasteiger partial charge in [-0.2, -0.15) is 0 Å². The molecule has 2 aromatic rings. The first-order valence-electron chi connectivity index (χ1n) is 10.3. The monoisotopic (exact) mass is 408 g/mol. The number of methoxy groups -OCH3 is 2. The van der Waals surface area contributed by atoms with Crippen LogP contribution in [-0.4, -0.2) is 43.5 Å². The van der Waals surface area contributed by atoms with Gasteiger partial charge in [0.1, 0.15) is 0 Å². The van der Waals surface area contributed by atoms with Crippen LogP contribution in [-0.2, 0) is 16.0 Å². The van der Waals surface area contributed by atoms with Crippen LogP contribution < -0.4 is 14.4 Å². The van der Waals surface area contributed by atoms with E-state index in [1.54, 1.807) is 14.2 Å². The van der Waals surface area contributed by atoms with Crippen molar-refractivity contribution in [3.05, 3.63) is 52.6 Å². The summed E-state index contributed by atoms with van der Waals surface area (Å²) >= 11 is 0. The molecule has 2 aromatic carbocycles. The number of carbonyl (C=O) groups is 2. The van der Waals surface area contributed by atoms with Gasteiger partial charge in [-0.15, -0.1) is 0 Å². The van der Waals surface area contributed by atoms with Crippen LogP contribution in [0.4, 0.5) is 5.69 Å². The number of hydrogen-bond donors (Lipinski definition) is 0. The van der Waals surface area contributed by atoms with Crippen molar-refractivity contribution >= 4 is 17.5 Å². The molecule has 2 amide bonds. The van der Waals surface area contributed by atoms with E-state index in [1.165, 1.54) is 10.5 Å². The zero-order valence-electron chi connectivity index (χ0n) is 18.2. The Bertz CT molecular complexity index is 1020. The van der Waals surface area contributed by atoms with Gasteiger partial charge in [0.25, 0.3) is 5.91 Å². The summed E-state index contributed by atoms with van der Waals surface area (Å²) in [6.45, 7) is 6.75. The normalized spacial score (nSPS) is 21.7. The maximum absolute atomic E-state index is 13.4. The number of aryl methyl sites for hydroxylation is 1. The third kappa shape index (κ3) is 3.16. The van der Waals surface area contributed by atoms with Crippen molar-refractivity contribution in [2.45, 2.75) is 45.7 Å². The summed E-state index contributed by atoms with van der Waals surface area (Å²) in [5.74, 6) is 1.12. The average molecular weight is 408 g/mol. The molecule has 2 atom stereocenters. The highest BCUT2D eigenvalue weighted by molar-refractivity contribution is 6.22. The fraction of sp³-hybridized carbons (Fsp3) is 0.417. The molecule has 2 aliphatic rings. The second-order valence-electron chi connectivity index (χ2n) is 8.08. The van der Waals surface area contributed by atoms with Gasteiger partial charge in [-0.1, -0.05) is 12.1 Å². The quantitative estimate of drug-likeness (QED) is 0.724. The number of nitrogens with zero attached hydrogens (tertiary/aromatic N) is 2. The molecule has 2 aliphatic heterocycles. The van der Waals surface area contributed by atoms with Crippen molar-refractivity contribution in [3.8, 4) is 11.5 Å². The van der Waals surface area contributed by atoms with E-state index < -0.39 is 6.04 Å². The Morgan fingerprint density at radius 2 is 1.73 bits per heavy atom. The number of ether oxygens (including phenoxy) is 2. The summed E-state index contributed by atoms with van der Waals surface area (Å²) < 4.78 is 10.9. The largest absolute Gasteiger partial charge is 0.493 e. The van der Waals surface area contributed by atoms with E-state index >= 15 is 0 Å². The lowest BCUT2D eigenvalue weighted by molar-refractivity contribution is -0.123. The standard InChI is InChI=1S/C24H28N2O4/c1-14-7-6-8-19(15(14)2)26-23(27)13-20(24(26)28)25-10-9-17-11-21(29-4)22(30-5)12-18(17)16(25)3/h6-8,11-12,16,20H,9-10,13H2,1-5H3. The lowest BCUT2D eigenvalue weighted by atomic mass is 9.91. The van der Waals surface area contributed by atoms with Crippen molar-refractivity contribution in [1.29, 1.82) is 0 Å². The highest BCUT2D eigenvalue weighted by Crippen LogP contribution is 2.40. The number of imide groups is 1. The Balaban J connectivity index is 1.65. The number of hydrogen-bond acceptors (Lipinski definition) is 5. The molecular formula is C24H28N2O4. The lowest BCUT2D eigenvalue weighted by Crippen LogP contribution is -2.46. The Morgan fingerprint density at radius 3 is 2.43 bits per heavy atom. The molecule has 0 spiro atoms. The molecule has 6 heteroatoms. The van der Waals surface area contributed by atoms with E-state index in [0.717, 1.165) is 23.1 Å². The molecule has 0 N–H and O–H groups in total. The van der Waals surface area contributed by atoms with Gasteiger partial charge in [0.2, 0.25) is 5.91 Å². The Labute approximate surface area is 177 Å². The number of anilines is 1. The highest BCUT2D eigenvalue weighted by atomic mass is 16.5. The predicted octanol–water partition coefficient (Wildman–Crippen LogP) is 3.57. The summed E-state index contributed by atoms with van der Waals surface area (Å²) in [6, 6.07) is 9.30. The first-order chi connectivity index (χ1) is 14.4. The van der Waals surface area contributed by atoms with Gasteiger partial charge in [-0.05, 0) is 67.6 Å². The Kier molecular flexibility index (Phi) is 5.28. The first-order valence-corrected chi connectivity index (χ1v) is 10.3. The van der Waals surface area contributed by atoms with Crippen molar-refractivity contribution in [2.24, 2.45) is 0 Å². The van der Waals surface area contributed by atoms with Crippen molar-refractivity contribution < 1.29 is 19.1 Å². The summed E-state index contributed by atoms with van der Waals surface area (Å²) in [6.07, 6.45) is 1.00. The molecule has 2 unspecified atom stereocenters. The van der Waals surface area contributed by atoms with Crippen molar-refractivity contribution in [3.63, 3.8) is 0 Å². The van der Waals surface area contributed by atoms with Crippen molar-refractivity contribution in [1.82, 2.24) is 4.90 Å². The van der Waals surface area contributed by atoms with Gasteiger partial charge in [0.05, 0.1) is 32.4 Å². The molecule has 1 saturated heterocycles. The zero-order valence-corrected chi connectivity index (χ0v) is 18.2. The topological polar surface area (TPSA) is 59.1 Å². The maximum Gasteiger partial charge on any atom is 0.251 e. The molecule has 4 rings (SSSR count). The third-order valence-electron chi connectivity index (χ3n) is 6.57. The summed E-state index contributed by atoms with van der Waals surface area (Å²) in [5, 5.41) is 0. The number of amides is 2. The second-order valence-corrected chi connectivity index (χ2v) is 8.08. The van der Waals surface area contributed by atoms with Gasteiger partial charge >= 0.3 is 0 Å². The summed E-state index contributed by atoms with van der Waals surface area (Å²) in [5.41, 5.74) is 5.04. The fourth-order valence-corrected chi connectivity index (χ4v) is 4.70. The molecule has 0 aromatic heterocycles. The smallest absolute Gasteiger partial charge is 0.251 e. The minimum absolute atomic E-state index is 0.00568. The minimum Gasteiger partial charge on any atom is -0.493 e. The molecule has 1 fully saturated rings. The molecule has 0 radical (unpaired) electrons. The number of fused-ring (bicyclic) bond motifs is 1. The number of benzene rings is 2. The van der Waals surface area contributed by atoms with E-state index in [-0.39, 0.29) is 24.3 Å². The first kappa shape index (κ1) is 20.4. The lowest BCUT2D eigenvalue weighted by Gasteiger charge is -2.38. The van der Waals surface area contributed by atoms with E-state index in [0.29, 0.717) is 23.7 Å². The van der Waals surface area contributed by atoms with E-state index in [4.69, 9.17) is 9.47 Å². The fourth-order valence-electron chi connectivity index (χ4n) is 4.70. The van der Waals surface area contributed by atoms with Crippen LogP contribution in [0.3, 0.4) is 0 Å². The highest BCUT2D eigenvalue weighted by Gasteiger charge is 2.45. The van der Waals surface area contributed by atoms with Crippen LogP contribution in [0.15, 0.2) is 30.3 Å². The molecule has 6 nitrogen and oxygen atoms in total. The summed E-state index contributed by atoms with van der Waals surface area (Å²) in [7, 11) is 3.25. The van der Waals surface area contributed by atoms with Crippen LogP contribution in [0.25, 0.3) is 0 Å². The molecule has 0 saturated carbocycles. The van der Waals surface area contributed by atoms with Crippen LogP contribution in [0.1, 0.15) is 41.6 Å². The molecule has 30 heavy (non-hydrogen) atoms. The molecule has 158 valence electrons. The molecular weight excluding hydrogens is 380 g/mol. The summed E-state index contributed by atoms with van der Waals surface area (Å²) in [4.78, 5) is 29.8. The van der Waals surface area contributed by atoms with Gasteiger partial charge < -0.3 is 9.47 Å². The SMILES string of the molecule is COc1cc2c(cc1OC)C(C)N(C1CC(=O)N(c3cccc(C)c3C)C1=O)CC2. The Morgan fingerprint density at radius 1 is 1.03 bits per heavy atom. The van der Waals surface area contributed by atoms with Crippen LogP contribution in [0, 0.1) is 13.8 Å². The van der Waals surface area contributed by atoms with E-state index in [1.807, 2.05) is 44.2 Å². The third-order valence-corrected chi connectivity index (χ3v) is 6.57. The molecule has 0 bridgehead atoms. The number of carbonyl (C=O) groups excluding carboxylic acids is 2. The van der Waals surface area contributed by atoms with Crippen molar-refractivity contribution in [2.75, 3.05) is 25.7 Å². The zero-order chi connectivity index (χ0) is 21.6. The Hall–Kier alpha value is -2.86. The predicted molar refractivity (Wildman–Crippen MR) is 115 cm³/mol. The van der Waals surface area contributed by atoms with Gasteiger partial charge in [-0.25, -0.2) is 4.90 Å². The van der Waals surface area contributed by atoms with Gasteiger partial charge in [0, 0.05) is 12.6 Å². The van der Waals surface area contributed by atoms with E-state index in [2.05, 4.69) is 11.8 Å². The maximum atomic E-state index is 13.4. The second kappa shape index (κ2) is 7.76. The van der Waals surface area contributed by atoms with Gasteiger partial charge in [-0.3, -0.25) is 14.5 Å². The van der Waals surface area contributed by atoms with Crippen LogP contribution in [0.5, 0.6) is 11.5 Å². The minimum atomic E-state index is -0.450.